The van der Waals surface area contributed by atoms with Crippen LogP contribution in [0.25, 0.3) is 11.1 Å². The maximum absolute atomic E-state index is 9.94. The zero-order valence-electron chi connectivity index (χ0n) is 8.73. The molecule has 2 aromatic rings. The first-order chi connectivity index (χ1) is 7.84. The lowest BCUT2D eigenvalue weighted by molar-refractivity contribution is 0.420. The van der Waals surface area contributed by atoms with Crippen LogP contribution < -0.4 is 5.32 Å². The van der Waals surface area contributed by atoms with Gasteiger partial charge in [0, 0.05) is 17.7 Å². The third kappa shape index (κ3) is 1.47. The van der Waals surface area contributed by atoms with Crippen LogP contribution in [0.2, 0.25) is 0 Å². The first-order valence-electron chi connectivity index (χ1n) is 5.30. The molecule has 82 valence electrons. The van der Waals surface area contributed by atoms with Crippen molar-refractivity contribution in [1.82, 2.24) is 10.5 Å². The van der Waals surface area contributed by atoms with Crippen LogP contribution in [-0.2, 0) is 13.0 Å². The molecule has 0 unspecified atom stereocenters. The summed E-state index contributed by atoms with van der Waals surface area (Å²) in [6.45, 7) is 1.70. The Hall–Kier alpha value is -1.81. The van der Waals surface area contributed by atoms with E-state index in [1.54, 1.807) is 18.5 Å². The van der Waals surface area contributed by atoms with E-state index >= 15 is 0 Å². The smallest absolute Gasteiger partial charge is 0.131 e. The summed E-state index contributed by atoms with van der Waals surface area (Å²) in [5, 5.41) is 16.9. The van der Waals surface area contributed by atoms with Crippen molar-refractivity contribution in [3.63, 3.8) is 0 Å². The van der Waals surface area contributed by atoms with Gasteiger partial charge in [-0.1, -0.05) is 11.2 Å². The van der Waals surface area contributed by atoms with Gasteiger partial charge >= 0.3 is 0 Å². The van der Waals surface area contributed by atoms with Gasteiger partial charge in [-0.3, -0.25) is 0 Å². The fourth-order valence-corrected chi connectivity index (χ4v) is 2.09. The molecule has 0 radical (unpaired) electrons. The molecule has 2 heterocycles. The molecule has 0 amide bonds. The van der Waals surface area contributed by atoms with Crippen LogP contribution >= 0.6 is 0 Å². The van der Waals surface area contributed by atoms with Gasteiger partial charge in [0.1, 0.15) is 12.0 Å². The van der Waals surface area contributed by atoms with Crippen molar-refractivity contribution in [1.29, 1.82) is 0 Å². The summed E-state index contributed by atoms with van der Waals surface area (Å²) >= 11 is 0. The number of fused-ring (bicyclic) bond motifs is 1. The third-order valence-electron chi connectivity index (χ3n) is 2.96. The summed E-state index contributed by atoms with van der Waals surface area (Å²) in [6, 6.07) is 3.86. The molecular formula is C12H12N2O2. The van der Waals surface area contributed by atoms with Crippen molar-refractivity contribution in [3.8, 4) is 16.9 Å². The Morgan fingerprint density at radius 2 is 2.25 bits per heavy atom. The second-order valence-electron chi connectivity index (χ2n) is 3.97. The number of benzene rings is 1. The molecule has 4 heteroatoms. The van der Waals surface area contributed by atoms with Crippen LogP contribution in [-0.4, -0.2) is 16.8 Å². The molecule has 0 bridgehead atoms. The van der Waals surface area contributed by atoms with Crippen molar-refractivity contribution in [2.75, 3.05) is 6.54 Å². The molecule has 0 aliphatic carbocycles. The minimum Gasteiger partial charge on any atom is -0.508 e. The highest BCUT2D eigenvalue weighted by Crippen LogP contribution is 2.31. The molecular weight excluding hydrogens is 204 g/mol. The third-order valence-corrected chi connectivity index (χ3v) is 2.96. The quantitative estimate of drug-likeness (QED) is 0.761. The average molecular weight is 216 g/mol. The lowest BCUT2D eigenvalue weighted by Gasteiger charge is -2.19. The minimum atomic E-state index is 0.348. The summed E-state index contributed by atoms with van der Waals surface area (Å²) in [7, 11) is 0. The number of hydrogen-bond acceptors (Lipinski definition) is 4. The maximum atomic E-state index is 9.94. The number of rotatable bonds is 1. The fourth-order valence-electron chi connectivity index (χ4n) is 2.09. The summed E-state index contributed by atoms with van der Waals surface area (Å²) in [4.78, 5) is 0. The molecule has 16 heavy (non-hydrogen) atoms. The van der Waals surface area contributed by atoms with E-state index in [0.717, 1.165) is 36.2 Å². The monoisotopic (exact) mass is 216 g/mol. The van der Waals surface area contributed by atoms with Crippen LogP contribution in [0.1, 0.15) is 11.1 Å². The summed E-state index contributed by atoms with van der Waals surface area (Å²) in [5.74, 6) is 0.348. The molecule has 0 saturated heterocycles. The summed E-state index contributed by atoms with van der Waals surface area (Å²) < 4.78 is 4.81. The second kappa shape index (κ2) is 3.64. The van der Waals surface area contributed by atoms with E-state index in [-0.39, 0.29) is 0 Å². The van der Waals surface area contributed by atoms with Crippen molar-refractivity contribution < 1.29 is 9.63 Å². The molecule has 1 aliphatic heterocycles. The van der Waals surface area contributed by atoms with Crippen LogP contribution in [0.15, 0.2) is 29.1 Å². The van der Waals surface area contributed by atoms with E-state index in [9.17, 15) is 5.11 Å². The highest BCUT2D eigenvalue weighted by atomic mass is 16.5. The Kier molecular flexibility index (Phi) is 2.15. The Morgan fingerprint density at radius 3 is 3.06 bits per heavy atom. The Morgan fingerprint density at radius 1 is 1.31 bits per heavy atom. The number of nitrogens with one attached hydrogen (secondary N) is 1. The van der Waals surface area contributed by atoms with Crippen LogP contribution in [0.3, 0.4) is 0 Å². The molecule has 0 saturated carbocycles. The first-order valence-corrected chi connectivity index (χ1v) is 5.30. The van der Waals surface area contributed by atoms with E-state index in [4.69, 9.17) is 4.52 Å². The first kappa shape index (κ1) is 9.42. The average Bonchev–Trinajstić information content (AvgIpc) is 2.82. The minimum absolute atomic E-state index is 0.348. The van der Waals surface area contributed by atoms with E-state index in [0.29, 0.717) is 5.75 Å². The Bertz CT molecular complexity index is 506. The zero-order valence-corrected chi connectivity index (χ0v) is 8.73. The van der Waals surface area contributed by atoms with Crippen LogP contribution in [0.4, 0.5) is 0 Å². The number of aromatic nitrogens is 1. The highest BCUT2D eigenvalue weighted by Gasteiger charge is 2.15. The Balaban J connectivity index is 2.12. The van der Waals surface area contributed by atoms with E-state index in [1.165, 1.54) is 5.56 Å². The fraction of sp³-hybridized carbons (Fsp3) is 0.250. The van der Waals surface area contributed by atoms with E-state index in [2.05, 4.69) is 16.5 Å². The SMILES string of the molecule is Oc1cc(-c2cnoc2)cc2c1CNCC2. The second-order valence-corrected chi connectivity index (χ2v) is 3.97. The summed E-state index contributed by atoms with van der Waals surface area (Å²) in [6.07, 6.45) is 4.19. The molecule has 3 rings (SSSR count). The molecule has 1 aromatic carbocycles. The maximum Gasteiger partial charge on any atom is 0.131 e. The molecule has 4 nitrogen and oxygen atoms in total. The highest BCUT2D eigenvalue weighted by molar-refractivity contribution is 5.66. The largest absolute Gasteiger partial charge is 0.508 e. The van der Waals surface area contributed by atoms with E-state index in [1.807, 2.05) is 0 Å². The predicted octanol–water partition coefficient (Wildman–Crippen LogP) is 1.69. The number of phenols is 1. The lowest BCUT2D eigenvalue weighted by atomic mass is 9.95. The molecule has 1 aliphatic rings. The van der Waals surface area contributed by atoms with Gasteiger partial charge in [-0.25, -0.2) is 0 Å². The normalized spacial score (nSPS) is 14.8. The zero-order chi connectivity index (χ0) is 11.0. The Labute approximate surface area is 92.9 Å². The van der Waals surface area contributed by atoms with Gasteiger partial charge in [0.25, 0.3) is 0 Å². The van der Waals surface area contributed by atoms with Gasteiger partial charge in [-0.05, 0) is 30.2 Å². The van der Waals surface area contributed by atoms with Gasteiger partial charge < -0.3 is 14.9 Å². The molecule has 0 atom stereocenters. The standard InChI is InChI=1S/C12H12N2O2/c15-12-4-9(10-5-14-16-7-10)3-8-1-2-13-6-11(8)12/h3-5,7,13,15H,1-2,6H2. The van der Waals surface area contributed by atoms with Crippen molar-refractivity contribution in [2.24, 2.45) is 0 Å². The van der Waals surface area contributed by atoms with Crippen LogP contribution in [0.5, 0.6) is 5.75 Å². The number of hydrogen-bond donors (Lipinski definition) is 2. The van der Waals surface area contributed by atoms with Gasteiger partial charge in [0.15, 0.2) is 0 Å². The summed E-state index contributed by atoms with van der Waals surface area (Å²) in [5.41, 5.74) is 4.07. The lowest BCUT2D eigenvalue weighted by Crippen LogP contribution is -2.23. The predicted molar refractivity (Wildman–Crippen MR) is 59.0 cm³/mol. The molecule has 0 fully saturated rings. The van der Waals surface area contributed by atoms with Crippen LogP contribution in [0, 0.1) is 0 Å². The van der Waals surface area contributed by atoms with Crippen molar-refractivity contribution in [2.45, 2.75) is 13.0 Å². The number of phenolic OH excluding ortho intramolecular Hbond substituents is 1. The number of aromatic hydroxyl groups is 1. The van der Waals surface area contributed by atoms with Gasteiger partial charge in [0.05, 0.1) is 6.20 Å². The molecule has 2 N–H and O–H groups in total. The van der Waals surface area contributed by atoms with Crippen molar-refractivity contribution >= 4 is 0 Å². The molecule has 1 aromatic heterocycles. The number of nitrogens with zero attached hydrogens (tertiary/aromatic N) is 1. The van der Waals surface area contributed by atoms with E-state index < -0.39 is 0 Å². The van der Waals surface area contributed by atoms with Gasteiger partial charge in [0.2, 0.25) is 0 Å². The van der Waals surface area contributed by atoms with Crippen molar-refractivity contribution in [3.05, 3.63) is 35.7 Å². The topological polar surface area (TPSA) is 58.3 Å². The molecule has 0 spiro atoms. The van der Waals surface area contributed by atoms with Gasteiger partial charge in [-0.15, -0.1) is 0 Å². The van der Waals surface area contributed by atoms with Gasteiger partial charge in [-0.2, -0.15) is 0 Å².